The molecule has 24 heavy (non-hydrogen) atoms. The van der Waals surface area contributed by atoms with E-state index < -0.39 is 6.09 Å². The van der Waals surface area contributed by atoms with Crippen LogP contribution in [0.2, 0.25) is 0 Å². The van der Waals surface area contributed by atoms with Crippen molar-refractivity contribution in [3.63, 3.8) is 0 Å². The van der Waals surface area contributed by atoms with Gasteiger partial charge in [-0.25, -0.2) is 9.48 Å². The van der Waals surface area contributed by atoms with Crippen LogP contribution in [0.25, 0.3) is 5.69 Å². The number of nitrogens with two attached hydrogens (primary N) is 1. The Morgan fingerprint density at radius 3 is 2.83 bits per heavy atom. The lowest BCUT2D eigenvalue weighted by Crippen LogP contribution is -2.40. The molecule has 1 aliphatic heterocycles. The highest BCUT2D eigenvalue weighted by Crippen LogP contribution is 2.21. The molecule has 2 atom stereocenters. The van der Waals surface area contributed by atoms with Crippen molar-refractivity contribution in [2.75, 3.05) is 19.8 Å². The molecule has 0 bridgehead atoms. The van der Waals surface area contributed by atoms with E-state index in [1.807, 2.05) is 48.1 Å². The van der Waals surface area contributed by atoms with Gasteiger partial charge in [-0.2, -0.15) is 5.10 Å². The standard InChI is InChI=1S/C17H21N3O4/c1-12-6-8-20(19-12)14-2-4-15(5-3-14)23-11-13-10-22-9-7-16(13)24-17(18)21/h2-6,8,13,16H,7,9-11H2,1H3,(H2,18,21)/t13-,16+/m1/s1. The van der Waals surface area contributed by atoms with Crippen LogP contribution in [0, 0.1) is 12.8 Å². The van der Waals surface area contributed by atoms with Crippen LogP contribution in [0.4, 0.5) is 4.79 Å². The summed E-state index contributed by atoms with van der Waals surface area (Å²) in [6.45, 7) is 3.40. The van der Waals surface area contributed by atoms with Gasteiger partial charge in [0.25, 0.3) is 0 Å². The molecule has 1 fully saturated rings. The highest BCUT2D eigenvalue weighted by Gasteiger charge is 2.29. The number of rotatable bonds is 5. The van der Waals surface area contributed by atoms with E-state index in [2.05, 4.69) is 5.10 Å². The summed E-state index contributed by atoms with van der Waals surface area (Å²) in [5.74, 6) is 0.714. The lowest BCUT2D eigenvalue weighted by atomic mass is 9.99. The Kier molecular flexibility index (Phi) is 5.00. The van der Waals surface area contributed by atoms with Gasteiger partial charge in [0, 0.05) is 12.6 Å². The molecule has 7 heteroatoms. The molecule has 0 aliphatic carbocycles. The summed E-state index contributed by atoms with van der Waals surface area (Å²) in [4.78, 5) is 11.0. The summed E-state index contributed by atoms with van der Waals surface area (Å²) >= 11 is 0. The summed E-state index contributed by atoms with van der Waals surface area (Å²) in [6.07, 6.45) is 1.53. The first-order valence-electron chi connectivity index (χ1n) is 7.91. The fraction of sp³-hybridized carbons (Fsp3) is 0.412. The topological polar surface area (TPSA) is 88.6 Å². The lowest BCUT2D eigenvalue weighted by Gasteiger charge is -2.30. The number of hydrogen-bond acceptors (Lipinski definition) is 5. The maximum atomic E-state index is 11.0. The van der Waals surface area contributed by atoms with Gasteiger partial charge in [-0.15, -0.1) is 0 Å². The number of aromatic nitrogens is 2. The van der Waals surface area contributed by atoms with Gasteiger partial charge < -0.3 is 19.9 Å². The molecule has 0 unspecified atom stereocenters. The van der Waals surface area contributed by atoms with E-state index in [4.69, 9.17) is 19.9 Å². The molecular weight excluding hydrogens is 310 g/mol. The smallest absolute Gasteiger partial charge is 0.404 e. The third kappa shape index (κ3) is 4.05. The summed E-state index contributed by atoms with van der Waals surface area (Å²) < 4.78 is 18.2. The van der Waals surface area contributed by atoms with Crippen LogP contribution >= 0.6 is 0 Å². The number of aryl methyl sites for hydroxylation is 1. The van der Waals surface area contributed by atoms with Crippen molar-refractivity contribution in [1.29, 1.82) is 0 Å². The molecule has 0 saturated carbocycles. The van der Waals surface area contributed by atoms with E-state index in [0.29, 0.717) is 26.2 Å². The Hall–Kier alpha value is -2.54. The average molecular weight is 331 g/mol. The Morgan fingerprint density at radius 1 is 1.38 bits per heavy atom. The first kappa shape index (κ1) is 16.3. The molecule has 0 radical (unpaired) electrons. The van der Waals surface area contributed by atoms with Crippen molar-refractivity contribution < 1.29 is 19.0 Å². The third-order valence-corrected chi connectivity index (χ3v) is 3.96. The van der Waals surface area contributed by atoms with Crippen LogP contribution in [-0.4, -0.2) is 41.8 Å². The minimum Gasteiger partial charge on any atom is -0.493 e. The van der Waals surface area contributed by atoms with Crippen LogP contribution in [0.3, 0.4) is 0 Å². The zero-order valence-corrected chi connectivity index (χ0v) is 13.6. The van der Waals surface area contributed by atoms with Crippen LogP contribution in [0.1, 0.15) is 12.1 Å². The molecule has 1 amide bonds. The number of carbonyl (C=O) groups excluding carboxylic acids is 1. The fourth-order valence-electron chi connectivity index (χ4n) is 2.69. The van der Waals surface area contributed by atoms with E-state index in [0.717, 1.165) is 17.1 Å². The summed E-state index contributed by atoms with van der Waals surface area (Å²) in [5.41, 5.74) is 7.05. The van der Waals surface area contributed by atoms with Crippen LogP contribution in [0.5, 0.6) is 5.75 Å². The van der Waals surface area contributed by atoms with Crippen molar-refractivity contribution >= 4 is 6.09 Å². The van der Waals surface area contributed by atoms with Gasteiger partial charge in [-0.1, -0.05) is 0 Å². The van der Waals surface area contributed by atoms with Crippen molar-refractivity contribution in [2.24, 2.45) is 11.7 Å². The van der Waals surface area contributed by atoms with Gasteiger partial charge in [-0.3, -0.25) is 0 Å². The quantitative estimate of drug-likeness (QED) is 0.906. The second-order valence-corrected chi connectivity index (χ2v) is 5.81. The third-order valence-electron chi connectivity index (χ3n) is 3.96. The van der Waals surface area contributed by atoms with E-state index in [1.165, 1.54) is 0 Å². The van der Waals surface area contributed by atoms with Crippen LogP contribution in [-0.2, 0) is 9.47 Å². The predicted molar refractivity (Wildman–Crippen MR) is 87.2 cm³/mol. The maximum absolute atomic E-state index is 11.0. The number of hydrogen-bond donors (Lipinski definition) is 1. The number of amides is 1. The van der Waals surface area contributed by atoms with Gasteiger partial charge in [-0.05, 0) is 37.3 Å². The first-order valence-corrected chi connectivity index (χ1v) is 7.91. The zero-order chi connectivity index (χ0) is 16.9. The molecule has 3 rings (SSSR count). The van der Waals surface area contributed by atoms with E-state index in [-0.39, 0.29) is 12.0 Å². The molecule has 2 N–H and O–H groups in total. The molecule has 1 saturated heterocycles. The van der Waals surface area contributed by atoms with Gasteiger partial charge in [0.2, 0.25) is 0 Å². The second kappa shape index (κ2) is 7.35. The van der Waals surface area contributed by atoms with E-state index in [1.54, 1.807) is 0 Å². The maximum Gasteiger partial charge on any atom is 0.404 e. The van der Waals surface area contributed by atoms with Gasteiger partial charge in [0.05, 0.1) is 37.1 Å². The molecule has 1 aromatic carbocycles. The molecule has 1 aromatic heterocycles. The highest BCUT2D eigenvalue weighted by molar-refractivity contribution is 5.64. The minimum absolute atomic E-state index is 0.0281. The Morgan fingerprint density at radius 2 is 2.17 bits per heavy atom. The molecule has 7 nitrogen and oxygen atoms in total. The van der Waals surface area contributed by atoms with Crippen molar-refractivity contribution in [3.05, 3.63) is 42.2 Å². The van der Waals surface area contributed by atoms with Crippen molar-refractivity contribution in [2.45, 2.75) is 19.4 Å². The van der Waals surface area contributed by atoms with Crippen molar-refractivity contribution in [3.8, 4) is 11.4 Å². The number of benzene rings is 1. The van der Waals surface area contributed by atoms with Crippen LogP contribution in [0.15, 0.2) is 36.5 Å². The number of nitrogens with zero attached hydrogens (tertiary/aromatic N) is 2. The zero-order valence-electron chi connectivity index (χ0n) is 13.6. The molecule has 2 heterocycles. The molecular formula is C17H21N3O4. The van der Waals surface area contributed by atoms with Crippen molar-refractivity contribution in [1.82, 2.24) is 9.78 Å². The number of primary amides is 1. The lowest BCUT2D eigenvalue weighted by molar-refractivity contribution is -0.0541. The second-order valence-electron chi connectivity index (χ2n) is 5.81. The molecule has 0 spiro atoms. The number of carbonyl (C=O) groups is 1. The minimum atomic E-state index is -0.759. The fourth-order valence-corrected chi connectivity index (χ4v) is 2.69. The predicted octanol–water partition coefficient (Wildman–Crippen LogP) is 2.06. The van der Waals surface area contributed by atoms with E-state index in [9.17, 15) is 4.79 Å². The largest absolute Gasteiger partial charge is 0.493 e. The summed E-state index contributed by atoms with van der Waals surface area (Å²) in [5, 5.41) is 4.37. The first-order chi connectivity index (χ1) is 11.6. The van der Waals surface area contributed by atoms with Gasteiger partial charge in [0.1, 0.15) is 11.9 Å². The number of ether oxygens (including phenoxy) is 3. The monoisotopic (exact) mass is 331 g/mol. The summed E-state index contributed by atoms with van der Waals surface area (Å²) in [6, 6.07) is 9.61. The normalized spacial score (nSPS) is 20.5. The Bertz CT molecular complexity index is 683. The highest BCUT2D eigenvalue weighted by atomic mass is 16.6. The SMILES string of the molecule is Cc1ccn(-c2ccc(OC[C@H]3COCC[C@@H]3OC(N)=O)cc2)n1. The van der Waals surface area contributed by atoms with Gasteiger partial charge in [0.15, 0.2) is 0 Å². The Labute approximate surface area is 140 Å². The van der Waals surface area contributed by atoms with Crippen LogP contribution < -0.4 is 10.5 Å². The average Bonchev–Trinajstić information content (AvgIpc) is 3.00. The van der Waals surface area contributed by atoms with E-state index >= 15 is 0 Å². The molecule has 128 valence electrons. The molecule has 2 aromatic rings. The summed E-state index contributed by atoms with van der Waals surface area (Å²) in [7, 11) is 0. The Balaban J connectivity index is 1.58. The molecule has 1 aliphatic rings. The van der Waals surface area contributed by atoms with Gasteiger partial charge >= 0.3 is 6.09 Å².